The van der Waals surface area contributed by atoms with Crippen molar-refractivity contribution in [1.29, 1.82) is 5.26 Å². The summed E-state index contributed by atoms with van der Waals surface area (Å²) in [5, 5.41) is 11.5. The van der Waals surface area contributed by atoms with Gasteiger partial charge in [0.1, 0.15) is 5.69 Å². The highest BCUT2D eigenvalue weighted by Gasteiger charge is 2.23. The first-order valence-electron chi connectivity index (χ1n) is 9.19. The summed E-state index contributed by atoms with van der Waals surface area (Å²) in [6, 6.07) is 17.0. The summed E-state index contributed by atoms with van der Waals surface area (Å²) in [6.45, 7) is 3.12. The highest BCUT2D eigenvalue weighted by Crippen LogP contribution is 2.15. The highest BCUT2D eigenvalue weighted by molar-refractivity contribution is 5.97. The minimum Gasteiger partial charge on any atom is -0.449 e. The van der Waals surface area contributed by atoms with Gasteiger partial charge in [0.25, 0.3) is 11.5 Å². The molecule has 0 aliphatic heterocycles. The monoisotopic (exact) mass is 404 g/mol. The standard InChI is InChI=1S/C22H20N4O4/c1-14-19(21(28)26(25(14)3)18-10-5-4-6-11-18)24-20(27)15(2)30-22(29)17-9-7-8-16(12-17)13-23/h4-12,15H,1-3H3,(H,24,27)/t15-/m1/s1. The molecule has 0 fully saturated rings. The molecule has 1 aromatic heterocycles. The summed E-state index contributed by atoms with van der Waals surface area (Å²) in [6.07, 6.45) is -1.15. The van der Waals surface area contributed by atoms with Crippen LogP contribution in [-0.4, -0.2) is 27.3 Å². The number of hydrogen-bond donors (Lipinski definition) is 1. The molecular weight excluding hydrogens is 384 g/mol. The van der Waals surface area contributed by atoms with Crippen LogP contribution in [0.1, 0.15) is 28.5 Å². The van der Waals surface area contributed by atoms with Crippen molar-refractivity contribution in [2.75, 3.05) is 5.32 Å². The summed E-state index contributed by atoms with van der Waals surface area (Å²) in [5.41, 5.74) is 1.40. The Bertz CT molecular complexity index is 1200. The molecule has 1 amide bonds. The molecule has 3 aromatic rings. The summed E-state index contributed by atoms with van der Waals surface area (Å²) in [5.74, 6) is -1.37. The summed E-state index contributed by atoms with van der Waals surface area (Å²) >= 11 is 0. The fourth-order valence-corrected chi connectivity index (χ4v) is 2.93. The topological polar surface area (TPSA) is 106 Å². The van der Waals surface area contributed by atoms with Crippen LogP contribution >= 0.6 is 0 Å². The molecule has 0 spiro atoms. The third-order valence-electron chi connectivity index (χ3n) is 4.68. The number of anilines is 1. The predicted molar refractivity (Wildman–Crippen MR) is 110 cm³/mol. The number of nitrogens with one attached hydrogen (secondary N) is 1. The number of rotatable bonds is 5. The van der Waals surface area contributed by atoms with Crippen molar-refractivity contribution in [1.82, 2.24) is 9.36 Å². The number of carbonyl (C=O) groups is 2. The van der Waals surface area contributed by atoms with Crippen LogP contribution in [-0.2, 0) is 16.6 Å². The van der Waals surface area contributed by atoms with E-state index in [1.807, 2.05) is 24.3 Å². The Morgan fingerprint density at radius 2 is 1.83 bits per heavy atom. The molecule has 0 aliphatic carbocycles. The van der Waals surface area contributed by atoms with E-state index in [-0.39, 0.29) is 11.3 Å². The normalized spacial score (nSPS) is 11.4. The van der Waals surface area contributed by atoms with Gasteiger partial charge >= 0.3 is 5.97 Å². The SMILES string of the molecule is Cc1c(NC(=O)[C@@H](C)OC(=O)c2cccc(C#N)c2)c(=O)n(-c2ccccc2)n1C. The Hall–Kier alpha value is -4.12. The van der Waals surface area contributed by atoms with Crippen LogP contribution < -0.4 is 10.9 Å². The number of nitriles is 1. The van der Waals surface area contributed by atoms with Crippen molar-refractivity contribution < 1.29 is 14.3 Å². The number of carbonyl (C=O) groups excluding carboxylic acids is 2. The van der Waals surface area contributed by atoms with E-state index in [2.05, 4.69) is 5.32 Å². The highest BCUT2D eigenvalue weighted by atomic mass is 16.5. The Kier molecular flexibility index (Phi) is 5.83. The molecular formula is C22H20N4O4. The van der Waals surface area contributed by atoms with E-state index in [0.717, 1.165) is 0 Å². The Labute approximate surface area is 172 Å². The third-order valence-corrected chi connectivity index (χ3v) is 4.68. The molecule has 0 saturated carbocycles. The van der Waals surface area contributed by atoms with Gasteiger partial charge in [-0.25, -0.2) is 9.48 Å². The second-order valence-electron chi connectivity index (χ2n) is 6.67. The van der Waals surface area contributed by atoms with Crippen LogP contribution in [0.3, 0.4) is 0 Å². The fraction of sp³-hybridized carbons (Fsp3) is 0.182. The Morgan fingerprint density at radius 3 is 2.50 bits per heavy atom. The molecule has 1 atom stereocenters. The minimum atomic E-state index is -1.15. The van der Waals surface area contributed by atoms with E-state index in [9.17, 15) is 14.4 Å². The Balaban J connectivity index is 1.78. The number of aromatic nitrogens is 2. The zero-order valence-electron chi connectivity index (χ0n) is 16.7. The summed E-state index contributed by atoms with van der Waals surface area (Å²) in [7, 11) is 1.71. The van der Waals surface area contributed by atoms with Crippen molar-refractivity contribution in [2.45, 2.75) is 20.0 Å². The van der Waals surface area contributed by atoms with Gasteiger partial charge in [-0.2, -0.15) is 5.26 Å². The number of benzene rings is 2. The minimum absolute atomic E-state index is 0.112. The zero-order valence-corrected chi connectivity index (χ0v) is 16.7. The number of nitrogens with zero attached hydrogens (tertiary/aromatic N) is 3. The van der Waals surface area contributed by atoms with Crippen molar-refractivity contribution in [3.63, 3.8) is 0 Å². The lowest BCUT2D eigenvalue weighted by molar-refractivity contribution is -0.123. The van der Waals surface area contributed by atoms with Gasteiger partial charge in [-0.1, -0.05) is 24.3 Å². The molecule has 0 saturated heterocycles. The molecule has 1 heterocycles. The first-order chi connectivity index (χ1) is 14.3. The lowest BCUT2D eigenvalue weighted by atomic mass is 10.1. The van der Waals surface area contributed by atoms with Gasteiger partial charge in [-0.3, -0.25) is 14.3 Å². The summed E-state index contributed by atoms with van der Waals surface area (Å²) in [4.78, 5) is 37.7. The predicted octanol–water partition coefficient (Wildman–Crippen LogP) is 2.54. The molecule has 0 radical (unpaired) electrons. The number of esters is 1. The molecule has 0 bridgehead atoms. The molecule has 8 nitrogen and oxygen atoms in total. The van der Waals surface area contributed by atoms with Crippen LogP contribution in [0.25, 0.3) is 5.69 Å². The van der Waals surface area contributed by atoms with E-state index in [4.69, 9.17) is 10.00 Å². The number of hydrogen-bond acceptors (Lipinski definition) is 5. The second-order valence-corrected chi connectivity index (χ2v) is 6.67. The Morgan fingerprint density at radius 1 is 1.13 bits per heavy atom. The van der Waals surface area contributed by atoms with Gasteiger partial charge in [-0.05, 0) is 44.2 Å². The zero-order chi connectivity index (χ0) is 21.8. The molecule has 8 heteroatoms. The van der Waals surface area contributed by atoms with Crippen LogP contribution in [0.2, 0.25) is 0 Å². The molecule has 152 valence electrons. The molecule has 2 aromatic carbocycles. The van der Waals surface area contributed by atoms with E-state index < -0.39 is 23.5 Å². The molecule has 0 aliphatic rings. The number of para-hydroxylation sites is 1. The van der Waals surface area contributed by atoms with Crippen LogP contribution in [0, 0.1) is 18.3 Å². The van der Waals surface area contributed by atoms with E-state index in [1.165, 1.54) is 23.7 Å². The van der Waals surface area contributed by atoms with Crippen LogP contribution in [0.5, 0.6) is 0 Å². The van der Waals surface area contributed by atoms with Crippen LogP contribution in [0.4, 0.5) is 5.69 Å². The van der Waals surface area contributed by atoms with E-state index in [1.54, 1.807) is 42.9 Å². The maximum absolute atomic E-state index is 12.9. The van der Waals surface area contributed by atoms with E-state index in [0.29, 0.717) is 16.9 Å². The number of ether oxygens (including phenoxy) is 1. The van der Waals surface area contributed by atoms with E-state index >= 15 is 0 Å². The van der Waals surface area contributed by atoms with Gasteiger partial charge in [0.2, 0.25) is 0 Å². The summed E-state index contributed by atoms with van der Waals surface area (Å²) < 4.78 is 8.27. The van der Waals surface area contributed by atoms with Crippen molar-refractivity contribution in [2.24, 2.45) is 7.05 Å². The molecule has 1 N–H and O–H groups in total. The van der Waals surface area contributed by atoms with Crippen molar-refractivity contribution in [3.8, 4) is 11.8 Å². The molecule has 0 unspecified atom stereocenters. The average Bonchev–Trinajstić information content (AvgIpc) is 2.97. The fourth-order valence-electron chi connectivity index (χ4n) is 2.93. The van der Waals surface area contributed by atoms with Gasteiger partial charge in [-0.15, -0.1) is 0 Å². The number of amides is 1. The van der Waals surface area contributed by atoms with Crippen LogP contribution in [0.15, 0.2) is 59.4 Å². The quantitative estimate of drug-likeness (QED) is 0.658. The third kappa shape index (κ3) is 4.00. The lowest BCUT2D eigenvalue weighted by Crippen LogP contribution is -2.32. The molecule has 30 heavy (non-hydrogen) atoms. The molecule has 3 rings (SSSR count). The van der Waals surface area contributed by atoms with Gasteiger partial charge in [0.15, 0.2) is 6.10 Å². The average molecular weight is 404 g/mol. The second kappa shape index (κ2) is 8.49. The lowest BCUT2D eigenvalue weighted by Gasteiger charge is -2.13. The maximum atomic E-state index is 12.9. The first-order valence-corrected chi connectivity index (χ1v) is 9.19. The maximum Gasteiger partial charge on any atom is 0.338 e. The van der Waals surface area contributed by atoms with Gasteiger partial charge in [0.05, 0.1) is 28.6 Å². The van der Waals surface area contributed by atoms with Gasteiger partial charge < -0.3 is 10.1 Å². The van der Waals surface area contributed by atoms with Gasteiger partial charge in [0, 0.05) is 7.05 Å². The first kappa shape index (κ1) is 20.6. The smallest absolute Gasteiger partial charge is 0.338 e. The van der Waals surface area contributed by atoms with Crippen molar-refractivity contribution in [3.05, 3.63) is 81.8 Å². The largest absolute Gasteiger partial charge is 0.449 e. The van der Waals surface area contributed by atoms with Crippen molar-refractivity contribution >= 4 is 17.6 Å².